The molecule has 146 heavy (non-hydrogen) atoms. The van der Waals surface area contributed by atoms with Crippen LogP contribution in [-0.2, 0) is 33.1 Å². The van der Waals surface area contributed by atoms with Gasteiger partial charge < -0.3 is 57.9 Å². The SMILES string of the molecule is CC(=O)c1ccc(OCC(=O)NCC(C)(C)n2nc(-c3ccc(C)cc3)c3c(N)ncnc32)cc1.Cc1ccc(-c2cc(C(=O)NCC(C)(C)n3nc(-c4ccc(C)cc4)c4c(N)ncnc43)ncn2)cc1.Cc1ccc(-c2nn(C(C)(C)CNC(=O)c3cc(-c4ccco4)on3)c3ncnc(N)c23)cc1.Cc1ccc(-c2nn(C(C)(C)CNC(=O)c3cnn(-c4cccc(C)c4)c3C(F)(F)F)c3ncnc(N)c23)cc1. The Balaban J connectivity index is 0.000000139. The van der Waals surface area contributed by atoms with E-state index in [0.717, 1.165) is 72.1 Å². The van der Waals surface area contributed by atoms with Crippen molar-refractivity contribution in [3.8, 4) is 79.2 Å². The van der Waals surface area contributed by atoms with Gasteiger partial charge in [-0.15, -0.1) is 0 Å². The molecule has 0 aliphatic carbocycles. The maximum Gasteiger partial charge on any atom is 0.434 e. The number of nitrogens with one attached hydrogen (secondary N) is 4. The number of aromatic nitrogens is 21. The molecule has 0 fully saturated rings. The number of nitrogen functional groups attached to an aromatic ring is 4. The molecular weight excluding hydrogens is 1860 g/mol. The number of aryl methyl sites for hydroxylation is 6. The first-order valence-electron chi connectivity index (χ1n) is 46.3. The molecule has 0 saturated carbocycles. The number of amides is 4. The molecule has 0 atom stereocenters. The van der Waals surface area contributed by atoms with Crippen LogP contribution in [-0.4, -0.2) is 166 Å². The molecule has 0 spiro atoms. The van der Waals surface area contributed by atoms with E-state index in [1.807, 2.05) is 197 Å². The van der Waals surface area contributed by atoms with Crippen LogP contribution in [0, 0.1) is 41.5 Å². The van der Waals surface area contributed by atoms with Crippen LogP contribution in [0.1, 0.15) is 143 Å². The van der Waals surface area contributed by atoms with E-state index in [9.17, 15) is 37.1 Å². The van der Waals surface area contributed by atoms with Gasteiger partial charge in [0.15, 0.2) is 52.1 Å². The zero-order valence-electron chi connectivity index (χ0n) is 82.7. The topological polar surface area (TPSA) is 504 Å². The number of halogens is 3. The van der Waals surface area contributed by atoms with Crippen molar-refractivity contribution in [2.75, 3.05) is 55.7 Å². The zero-order chi connectivity index (χ0) is 104. The average Bonchev–Trinajstić information content (AvgIpc) is 1.59. The predicted octanol–water partition coefficient (Wildman–Crippen LogP) is 16.7. The highest BCUT2D eigenvalue weighted by molar-refractivity contribution is 6.03. The highest BCUT2D eigenvalue weighted by Gasteiger charge is 2.42. The van der Waals surface area contributed by atoms with Crippen LogP contribution in [0.25, 0.3) is 118 Å². The second-order valence-corrected chi connectivity index (χ2v) is 37.6. The maximum atomic E-state index is 14.1. The quantitative estimate of drug-likeness (QED) is 0.0233. The average molecular weight is 1970 g/mol. The minimum atomic E-state index is -4.82. The molecule has 0 bridgehead atoms. The minimum absolute atomic E-state index is 0.0276. The van der Waals surface area contributed by atoms with E-state index in [2.05, 4.69) is 81.4 Å². The second kappa shape index (κ2) is 41.6. The van der Waals surface area contributed by atoms with Crippen molar-refractivity contribution in [1.82, 2.24) is 125 Å². The summed E-state index contributed by atoms with van der Waals surface area (Å²) in [5.74, 6) is 0.784. The number of Topliss-reactive ketones (excluding diaryl/α,β-unsaturated/α-hetero) is 1. The van der Waals surface area contributed by atoms with E-state index in [0.29, 0.717) is 119 Å². The lowest BCUT2D eigenvalue weighted by Crippen LogP contribution is -2.43. The molecule has 12 aromatic heterocycles. The number of alkyl halides is 3. The Kier molecular flexibility index (Phi) is 28.7. The van der Waals surface area contributed by atoms with Gasteiger partial charge >= 0.3 is 6.18 Å². The summed E-state index contributed by atoms with van der Waals surface area (Å²) in [5.41, 5.74) is 38.0. The van der Waals surface area contributed by atoms with Crippen LogP contribution in [0.4, 0.5) is 36.4 Å². The van der Waals surface area contributed by atoms with Gasteiger partial charge in [0, 0.05) is 65.6 Å². The predicted molar refractivity (Wildman–Crippen MR) is 549 cm³/mol. The molecule has 0 radical (unpaired) electrons. The van der Waals surface area contributed by atoms with E-state index < -0.39 is 45.5 Å². The number of benzene rings is 7. The van der Waals surface area contributed by atoms with Crippen molar-refractivity contribution in [2.45, 2.75) is 132 Å². The van der Waals surface area contributed by atoms with Gasteiger partial charge in [-0.1, -0.05) is 166 Å². The third-order valence-electron chi connectivity index (χ3n) is 24.2. The Morgan fingerprint density at radius 2 is 0.767 bits per heavy atom. The van der Waals surface area contributed by atoms with Gasteiger partial charge in [0.25, 0.3) is 23.6 Å². The molecule has 12 N–H and O–H groups in total. The van der Waals surface area contributed by atoms with Gasteiger partial charge in [-0.2, -0.15) is 38.7 Å². The van der Waals surface area contributed by atoms with Gasteiger partial charge in [-0.25, -0.2) is 73.2 Å². The number of fused-ring (bicyclic) bond motifs is 4. The zero-order valence-corrected chi connectivity index (χ0v) is 82.7. The van der Waals surface area contributed by atoms with Gasteiger partial charge in [0.1, 0.15) is 89.1 Å². The van der Waals surface area contributed by atoms with Crippen LogP contribution >= 0.6 is 0 Å². The molecule has 12 heterocycles. The standard InChI is InChI=1S/C28H27F3N8O.C28H28N8O.C26H28N6O3.C24H23N7O3/c1-16-8-10-18(11-9-16)22-21-24(32)34-15-35-25(21)39(37-22)27(3,4)14-33-26(40)20-13-36-38(23(20)28(29,30)31)19-7-5-6-17(2)12-19;1-17-5-9-19(10-6-17)21-13-22(32-15-31-21)27(37)30-14-28(3,4)36-26-23(25(29)33-16-34-26)24(35-36)20-11-7-18(2)8-12-20;1-16-5-7-19(8-6-16)23-22-24(27)29-15-30-25(22)32(31-23)26(3,4)14-28-21(34)13-35-20-11-9-18(10-12-20)17(2)33;1-14-6-8-15(9-7-14)20-19-21(25)27-13-28-22(19)31(29-20)24(2,3)12-26-23(32)16-11-18(34-30-16)17-5-4-10-33-17/h5-13,15H,14H2,1-4H3,(H,33,40)(H2,32,34,35);5-13,15-16H,14H2,1-4H3,(H,30,37)(H2,29,33,34);5-12,15H,13-14H2,1-4H3,(H,28,34)(H2,27,29,30);4-11,13H,12H2,1-3H3,(H,26,32)(H2,25,27,28). The number of carbonyl (C=O) groups excluding carboxylic acids is 5. The fourth-order valence-electron chi connectivity index (χ4n) is 16.0. The molecule has 0 saturated heterocycles. The summed E-state index contributed by atoms with van der Waals surface area (Å²) < 4.78 is 66.2. The molecule has 4 amide bonds. The lowest BCUT2D eigenvalue weighted by molar-refractivity contribution is -0.143. The number of ketones is 1. The highest BCUT2D eigenvalue weighted by Crippen LogP contribution is 2.41. The monoisotopic (exact) mass is 1970 g/mol. The first-order chi connectivity index (χ1) is 69.6. The number of anilines is 4. The van der Waals surface area contributed by atoms with E-state index >= 15 is 0 Å². The minimum Gasteiger partial charge on any atom is -0.484 e. The molecule has 37 nitrogen and oxygen atoms in total. The van der Waals surface area contributed by atoms with Gasteiger partial charge in [0.2, 0.25) is 5.76 Å². The van der Waals surface area contributed by atoms with Gasteiger partial charge in [0.05, 0.1) is 73.1 Å². The van der Waals surface area contributed by atoms with Gasteiger partial charge in [-0.05, 0) is 164 Å². The fourth-order valence-corrected chi connectivity index (χ4v) is 16.0. The Morgan fingerprint density at radius 1 is 0.390 bits per heavy atom. The molecule has 0 aliphatic heterocycles. The van der Waals surface area contributed by atoms with Crippen LogP contribution in [0.2, 0.25) is 0 Å². The summed E-state index contributed by atoms with van der Waals surface area (Å²) in [4.78, 5) is 106. The van der Waals surface area contributed by atoms with E-state index in [-0.39, 0.29) is 73.5 Å². The first-order valence-corrected chi connectivity index (χ1v) is 46.3. The van der Waals surface area contributed by atoms with Crippen LogP contribution < -0.4 is 48.9 Å². The number of hydrogen-bond donors (Lipinski definition) is 8. The molecule has 19 rings (SSSR count). The maximum absolute atomic E-state index is 14.1. The molecule has 19 aromatic rings. The Labute approximate surface area is 835 Å². The number of nitrogens with two attached hydrogens (primary N) is 4. The molecule has 0 unspecified atom stereocenters. The third kappa shape index (κ3) is 22.1. The van der Waals surface area contributed by atoms with Crippen molar-refractivity contribution in [3.63, 3.8) is 0 Å². The van der Waals surface area contributed by atoms with Crippen LogP contribution in [0.5, 0.6) is 5.75 Å². The summed E-state index contributed by atoms with van der Waals surface area (Å²) in [6.45, 7) is 29.3. The van der Waals surface area contributed by atoms with Crippen molar-refractivity contribution in [1.29, 1.82) is 0 Å². The fraction of sp³-hybridized carbons (Fsp3) is 0.236. The molecule has 40 heteroatoms. The summed E-state index contributed by atoms with van der Waals surface area (Å²) in [6, 6.07) is 59.6. The lowest BCUT2D eigenvalue weighted by atomic mass is 10.1. The van der Waals surface area contributed by atoms with Crippen molar-refractivity contribution >= 4 is 96.8 Å². The second-order valence-electron chi connectivity index (χ2n) is 37.6. The highest BCUT2D eigenvalue weighted by atomic mass is 19.4. The lowest BCUT2D eigenvalue weighted by Gasteiger charge is -2.26. The van der Waals surface area contributed by atoms with Crippen molar-refractivity contribution in [2.24, 2.45) is 0 Å². The Morgan fingerprint density at radius 3 is 1.14 bits per heavy atom. The third-order valence-corrected chi connectivity index (χ3v) is 24.2. The molecule has 744 valence electrons. The Bertz CT molecular complexity index is 8030. The van der Waals surface area contributed by atoms with Crippen molar-refractivity contribution in [3.05, 3.63) is 300 Å². The number of ether oxygens (including phenoxy) is 1. The summed E-state index contributed by atoms with van der Waals surface area (Å²) in [6.07, 6.45) is 4.61. The first kappa shape index (κ1) is 101. The van der Waals surface area contributed by atoms with E-state index in [1.165, 1.54) is 57.0 Å². The Hall–Kier alpha value is -18.1. The smallest absolute Gasteiger partial charge is 0.434 e. The molecule has 0 aliphatic rings. The number of rotatable bonds is 26. The van der Waals surface area contributed by atoms with E-state index in [1.54, 1.807) is 100 Å². The van der Waals surface area contributed by atoms with Crippen LogP contribution in [0.3, 0.4) is 0 Å². The van der Waals surface area contributed by atoms with E-state index in [4.69, 9.17) is 57.0 Å². The number of furan rings is 1. The summed E-state index contributed by atoms with van der Waals surface area (Å²) in [7, 11) is 0. The number of hydrogen-bond acceptors (Lipinski definition) is 28. The van der Waals surface area contributed by atoms with Gasteiger partial charge in [-0.3, -0.25) is 24.0 Å². The molecular formula is C106H106F3N29O8. The number of carbonyl (C=O) groups is 5. The summed E-state index contributed by atoms with van der Waals surface area (Å²) >= 11 is 0. The van der Waals surface area contributed by atoms with Crippen LogP contribution in [0.15, 0.2) is 247 Å². The normalized spacial score (nSPS) is 11.7. The van der Waals surface area contributed by atoms with Crippen molar-refractivity contribution < 1.29 is 50.8 Å². The number of nitrogens with zero attached hydrogens (tertiary/aromatic N) is 21. The summed E-state index contributed by atoms with van der Waals surface area (Å²) in [5, 5.41) is 41.1. The largest absolute Gasteiger partial charge is 0.484 e. The molecule has 7 aromatic carbocycles.